The molecular formula is C27H29N5O2. The number of aryl methyl sites for hydroxylation is 1. The number of ether oxygens (including phenoxy) is 1. The first kappa shape index (κ1) is 23.5. The van der Waals surface area contributed by atoms with Gasteiger partial charge in [0, 0.05) is 53.8 Å². The zero-order valence-electron chi connectivity index (χ0n) is 19.7. The van der Waals surface area contributed by atoms with Crippen molar-refractivity contribution in [2.24, 2.45) is 10.9 Å². The molecule has 34 heavy (non-hydrogen) atoms. The van der Waals surface area contributed by atoms with E-state index < -0.39 is 0 Å². The molecule has 0 aromatic carbocycles. The van der Waals surface area contributed by atoms with Gasteiger partial charge in [-0.25, -0.2) is 0 Å². The van der Waals surface area contributed by atoms with Gasteiger partial charge in [-0.3, -0.25) is 19.8 Å². The summed E-state index contributed by atoms with van der Waals surface area (Å²) in [5.41, 5.74) is 5.89. The molecule has 0 spiro atoms. The number of rotatable bonds is 7. The Bertz CT molecular complexity index is 1200. The van der Waals surface area contributed by atoms with Crippen LogP contribution in [-0.2, 0) is 4.74 Å². The Morgan fingerprint density at radius 3 is 2.71 bits per heavy atom. The van der Waals surface area contributed by atoms with Crippen LogP contribution in [-0.4, -0.2) is 35.8 Å². The van der Waals surface area contributed by atoms with E-state index in [0.29, 0.717) is 41.7 Å². The summed E-state index contributed by atoms with van der Waals surface area (Å²) in [5.74, 6) is 0.445. The summed E-state index contributed by atoms with van der Waals surface area (Å²) in [5, 5.41) is 12.8. The molecule has 7 nitrogen and oxygen atoms in total. The maximum Gasteiger partial charge on any atom is 0.255 e. The summed E-state index contributed by atoms with van der Waals surface area (Å²) in [4.78, 5) is 25.9. The molecule has 0 bridgehead atoms. The van der Waals surface area contributed by atoms with Gasteiger partial charge in [0.05, 0.1) is 23.2 Å². The lowest BCUT2D eigenvalue weighted by molar-refractivity contribution is 0.0754. The molecule has 0 atom stereocenters. The number of hydrogen-bond donors (Lipinski definition) is 1. The van der Waals surface area contributed by atoms with E-state index in [0.717, 1.165) is 48.2 Å². The first-order valence-corrected chi connectivity index (χ1v) is 11.6. The Balaban J connectivity index is 1.58. The van der Waals surface area contributed by atoms with Crippen LogP contribution in [0.3, 0.4) is 0 Å². The maximum atomic E-state index is 12.8. The minimum atomic E-state index is -0.196. The Hall–Kier alpha value is -3.63. The third-order valence-electron chi connectivity index (χ3n) is 6.34. The van der Waals surface area contributed by atoms with Gasteiger partial charge in [0.25, 0.3) is 5.91 Å². The molecule has 3 heterocycles. The molecule has 1 aliphatic heterocycles. The van der Waals surface area contributed by atoms with Gasteiger partial charge in [0.15, 0.2) is 0 Å². The summed E-state index contributed by atoms with van der Waals surface area (Å²) in [7, 11) is 0. The SMILES string of the molecule is C=N/C(=C(C#N)\C=C(/C)c1cc(NC(=O)c2ccnc(C3CC3)c2)cnc1C)C1CCOCC1. The smallest absolute Gasteiger partial charge is 0.255 e. The van der Waals surface area contributed by atoms with Crippen molar-refractivity contribution in [1.82, 2.24) is 9.97 Å². The second-order valence-corrected chi connectivity index (χ2v) is 8.84. The van der Waals surface area contributed by atoms with Crippen LogP contribution in [0, 0.1) is 24.2 Å². The number of pyridine rings is 2. The topological polar surface area (TPSA) is 100 Å². The second kappa shape index (κ2) is 10.5. The monoisotopic (exact) mass is 455 g/mol. The third-order valence-corrected chi connectivity index (χ3v) is 6.34. The van der Waals surface area contributed by atoms with Gasteiger partial charge in [0.2, 0.25) is 0 Å². The van der Waals surface area contributed by atoms with Crippen molar-refractivity contribution in [3.05, 3.63) is 70.5 Å². The highest BCUT2D eigenvalue weighted by Gasteiger charge is 2.25. The van der Waals surface area contributed by atoms with E-state index in [2.05, 4.69) is 33.1 Å². The van der Waals surface area contributed by atoms with Crippen LogP contribution >= 0.6 is 0 Å². The number of hydrogen-bond acceptors (Lipinski definition) is 6. The van der Waals surface area contributed by atoms with Crippen molar-refractivity contribution in [3.8, 4) is 6.07 Å². The van der Waals surface area contributed by atoms with Crippen molar-refractivity contribution in [2.45, 2.75) is 45.4 Å². The normalized spacial score (nSPS) is 17.5. The number of nitrogens with zero attached hydrogens (tertiary/aromatic N) is 4. The average Bonchev–Trinajstić information content (AvgIpc) is 3.71. The molecule has 0 unspecified atom stereocenters. The van der Waals surface area contributed by atoms with Crippen LogP contribution in [0.25, 0.3) is 5.57 Å². The highest BCUT2D eigenvalue weighted by Crippen LogP contribution is 2.39. The number of carbonyl (C=O) groups excluding carboxylic acids is 1. The summed E-state index contributed by atoms with van der Waals surface area (Å²) in [6, 6.07) is 7.77. The minimum absolute atomic E-state index is 0.163. The molecule has 1 N–H and O–H groups in total. The predicted octanol–water partition coefficient (Wildman–Crippen LogP) is 5.22. The molecule has 0 radical (unpaired) electrons. The number of amides is 1. The van der Waals surface area contributed by atoms with Crippen LogP contribution in [0.4, 0.5) is 5.69 Å². The quantitative estimate of drug-likeness (QED) is 0.350. The van der Waals surface area contributed by atoms with Crippen LogP contribution in [0.2, 0.25) is 0 Å². The lowest BCUT2D eigenvalue weighted by Gasteiger charge is -2.22. The van der Waals surface area contributed by atoms with E-state index in [9.17, 15) is 10.1 Å². The van der Waals surface area contributed by atoms with E-state index in [-0.39, 0.29) is 11.8 Å². The number of allylic oxidation sites excluding steroid dienone is 4. The fourth-order valence-electron chi connectivity index (χ4n) is 4.26. The Morgan fingerprint density at radius 2 is 2.03 bits per heavy atom. The molecule has 1 aliphatic carbocycles. The van der Waals surface area contributed by atoms with Crippen LogP contribution in [0.1, 0.15) is 65.8 Å². The predicted molar refractivity (Wildman–Crippen MR) is 133 cm³/mol. The van der Waals surface area contributed by atoms with Crippen LogP contribution < -0.4 is 5.32 Å². The van der Waals surface area contributed by atoms with Crippen molar-refractivity contribution in [2.75, 3.05) is 18.5 Å². The lowest BCUT2D eigenvalue weighted by atomic mass is 9.92. The molecule has 1 saturated heterocycles. The Kier molecular flexibility index (Phi) is 7.29. The highest BCUT2D eigenvalue weighted by molar-refractivity contribution is 6.04. The first-order valence-electron chi connectivity index (χ1n) is 11.6. The van der Waals surface area contributed by atoms with E-state index >= 15 is 0 Å². The summed E-state index contributed by atoms with van der Waals surface area (Å²) in [6.45, 7) is 8.87. The highest BCUT2D eigenvalue weighted by atomic mass is 16.5. The zero-order chi connectivity index (χ0) is 24.1. The number of nitriles is 1. The van der Waals surface area contributed by atoms with Gasteiger partial charge in [-0.15, -0.1) is 0 Å². The molecule has 2 aliphatic rings. The molecule has 4 rings (SSSR count). The Morgan fingerprint density at radius 1 is 1.26 bits per heavy atom. The Labute approximate surface area is 200 Å². The third kappa shape index (κ3) is 5.46. The van der Waals surface area contributed by atoms with Crippen LogP contribution in [0.15, 0.2) is 52.9 Å². The van der Waals surface area contributed by atoms with Gasteiger partial charge in [-0.05, 0) is 76.1 Å². The molecular weight excluding hydrogens is 426 g/mol. The van der Waals surface area contributed by atoms with Crippen molar-refractivity contribution < 1.29 is 9.53 Å². The lowest BCUT2D eigenvalue weighted by Crippen LogP contribution is -2.17. The molecule has 2 fully saturated rings. The number of aliphatic imine (C=N–C) groups is 1. The molecule has 1 saturated carbocycles. The largest absolute Gasteiger partial charge is 0.381 e. The van der Waals surface area contributed by atoms with E-state index in [1.54, 1.807) is 18.5 Å². The molecule has 174 valence electrons. The van der Waals surface area contributed by atoms with Crippen molar-refractivity contribution in [1.29, 1.82) is 5.26 Å². The number of aromatic nitrogens is 2. The molecule has 2 aromatic rings. The van der Waals surface area contributed by atoms with Crippen LogP contribution in [0.5, 0.6) is 0 Å². The fourth-order valence-corrected chi connectivity index (χ4v) is 4.26. The summed E-state index contributed by atoms with van der Waals surface area (Å²) < 4.78 is 5.44. The average molecular weight is 456 g/mol. The standard InChI is InChI=1S/C27H29N5O2/c1-17(12-22(15-28)26(29-3)20-7-10-34-11-8-20)24-14-23(16-31-18(24)2)32-27(33)21-6-9-30-25(13-21)19-4-5-19/h6,9,12-14,16,19-20H,3-5,7-8,10-11H2,1-2H3,(H,32,33)/b17-12+,26-22+. The summed E-state index contributed by atoms with van der Waals surface area (Å²) in [6.07, 6.45) is 9.08. The van der Waals surface area contributed by atoms with Gasteiger partial charge in [-0.2, -0.15) is 5.26 Å². The summed E-state index contributed by atoms with van der Waals surface area (Å²) >= 11 is 0. The number of carbonyl (C=O) groups is 1. The molecule has 7 heteroatoms. The molecule has 2 aromatic heterocycles. The van der Waals surface area contributed by atoms with Gasteiger partial charge < -0.3 is 10.1 Å². The molecule has 1 amide bonds. The van der Waals surface area contributed by atoms with Crippen molar-refractivity contribution >= 4 is 23.9 Å². The van der Waals surface area contributed by atoms with Gasteiger partial charge in [-0.1, -0.05) is 0 Å². The van der Waals surface area contributed by atoms with Gasteiger partial charge >= 0.3 is 0 Å². The van der Waals surface area contributed by atoms with E-state index in [4.69, 9.17) is 4.74 Å². The number of anilines is 1. The second-order valence-electron chi connectivity index (χ2n) is 8.84. The minimum Gasteiger partial charge on any atom is -0.381 e. The van der Waals surface area contributed by atoms with E-state index in [1.165, 1.54) is 0 Å². The van der Waals surface area contributed by atoms with E-state index in [1.807, 2.05) is 32.1 Å². The first-order chi connectivity index (χ1) is 16.5. The van der Waals surface area contributed by atoms with Crippen molar-refractivity contribution in [3.63, 3.8) is 0 Å². The maximum absolute atomic E-state index is 12.8. The van der Waals surface area contributed by atoms with Gasteiger partial charge in [0.1, 0.15) is 6.07 Å². The fraction of sp³-hybridized carbons (Fsp3) is 0.370. The zero-order valence-corrected chi connectivity index (χ0v) is 19.7. The number of nitrogens with one attached hydrogen (secondary N) is 1.